The first-order valence-electron chi connectivity index (χ1n) is 7.01. The molecule has 0 saturated heterocycles. The lowest BCUT2D eigenvalue weighted by Crippen LogP contribution is -2.36. The first-order valence-corrected chi connectivity index (χ1v) is 8.45. The minimum Gasteiger partial charge on any atom is -0.505 e. The predicted molar refractivity (Wildman–Crippen MR) is 85.1 cm³/mol. The number of hydrogen-bond donors (Lipinski definition) is 1. The van der Waals surface area contributed by atoms with Gasteiger partial charge < -0.3 is 9.84 Å². The number of rotatable bonds is 2. The zero-order valence-electron chi connectivity index (χ0n) is 12.6. The van der Waals surface area contributed by atoms with Crippen molar-refractivity contribution in [3.8, 4) is 0 Å². The van der Waals surface area contributed by atoms with Crippen molar-refractivity contribution in [2.24, 2.45) is 0 Å². The normalized spacial score (nSPS) is 16.3. The van der Waals surface area contributed by atoms with Crippen LogP contribution in [0.15, 0.2) is 47.0 Å². The molecule has 120 valence electrons. The summed E-state index contributed by atoms with van der Waals surface area (Å²) in [5.74, 6) is -1.28. The number of benzene rings is 2. The fourth-order valence-corrected chi connectivity index (χ4v) is 4.25. The standard InChI is InChI=1S/C16H15NO5S/c1-3-22-16(19)13-14(18)12-9-8-10-6-4-5-7-11(10)15(12)23(20,21)17(13)2/h4-9,18H,3H2,1-2H3. The lowest BCUT2D eigenvalue weighted by atomic mass is 10.0. The molecular formula is C16H15NO5S. The van der Waals surface area contributed by atoms with E-state index in [1.807, 2.05) is 0 Å². The number of hydrogen-bond acceptors (Lipinski definition) is 5. The summed E-state index contributed by atoms with van der Waals surface area (Å²) in [7, 11) is -2.75. The van der Waals surface area contributed by atoms with Gasteiger partial charge in [0.15, 0.2) is 11.5 Å². The Morgan fingerprint density at radius 2 is 1.91 bits per heavy atom. The third kappa shape index (κ3) is 2.16. The predicted octanol–water partition coefficient (Wildman–Crippen LogP) is 2.26. The molecule has 0 aromatic heterocycles. The first-order chi connectivity index (χ1) is 10.9. The van der Waals surface area contributed by atoms with Crippen LogP contribution in [0.5, 0.6) is 0 Å². The number of aliphatic hydroxyl groups is 1. The molecular weight excluding hydrogens is 318 g/mol. The van der Waals surface area contributed by atoms with Gasteiger partial charge in [-0.1, -0.05) is 30.3 Å². The maximum absolute atomic E-state index is 12.9. The second-order valence-electron chi connectivity index (χ2n) is 5.05. The molecule has 0 fully saturated rings. The van der Waals surface area contributed by atoms with Crippen molar-refractivity contribution >= 4 is 32.5 Å². The number of nitrogens with zero attached hydrogens (tertiary/aromatic N) is 1. The molecule has 0 radical (unpaired) electrons. The molecule has 0 amide bonds. The molecule has 1 heterocycles. The van der Waals surface area contributed by atoms with Gasteiger partial charge >= 0.3 is 5.97 Å². The van der Waals surface area contributed by atoms with E-state index in [2.05, 4.69) is 0 Å². The van der Waals surface area contributed by atoms with Gasteiger partial charge in [0.05, 0.1) is 6.61 Å². The molecule has 0 spiro atoms. The lowest BCUT2D eigenvalue weighted by molar-refractivity contribution is -0.139. The van der Waals surface area contributed by atoms with Crippen LogP contribution in [0.2, 0.25) is 0 Å². The Labute approximate surface area is 133 Å². The molecule has 1 aliphatic heterocycles. The van der Waals surface area contributed by atoms with Crippen LogP contribution in [0, 0.1) is 0 Å². The maximum Gasteiger partial charge on any atom is 0.359 e. The van der Waals surface area contributed by atoms with Crippen molar-refractivity contribution in [2.45, 2.75) is 11.8 Å². The van der Waals surface area contributed by atoms with Crippen LogP contribution in [0.4, 0.5) is 0 Å². The van der Waals surface area contributed by atoms with Gasteiger partial charge in [-0.3, -0.25) is 4.31 Å². The molecule has 0 aliphatic carbocycles. The largest absolute Gasteiger partial charge is 0.505 e. The molecule has 23 heavy (non-hydrogen) atoms. The molecule has 0 bridgehead atoms. The van der Waals surface area contributed by atoms with E-state index in [-0.39, 0.29) is 22.8 Å². The monoisotopic (exact) mass is 333 g/mol. The summed E-state index contributed by atoms with van der Waals surface area (Å²) in [4.78, 5) is 12.0. The van der Waals surface area contributed by atoms with Crippen molar-refractivity contribution < 1.29 is 23.1 Å². The van der Waals surface area contributed by atoms with Crippen molar-refractivity contribution in [2.75, 3.05) is 13.7 Å². The third-order valence-electron chi connectivity index (χ3n) is 3.76. The van der Waals surface area contributed by atoms with Crippen molar-refractivity contribution in [1.82, 2.24) is 4.31 Å². The number of carbonyl (C=O) groups excluding carboxylic acids is 1. The van der Waals surface area contributed by atoms with Gasteiger partial charge in [-0.2, -0.15) is 0 Å². The van der Waals surface area contributed by atoms with E-state index in [1.54, 1.807) is 37.3 Å². The number of esters is 1. The minimum absolute atomic E-state index is 0.0105. The number of sulfonamides is 1. The summed E-state index contributed by atoms with van der Waals surface area (Å²) in [6.45, 7) is 1.68. The SMILES string of the molecule is CCOC(=O)C1=C(O)c2ccc3ccccc3c2S(=O)(=O)N1C. The summed E-state index contributed by atoms with van der Waals surface area (Å²) >= 11 is 0. The molecule has 1 N–H and O–H groups in total. The van der Waals surface area contributed by atoms with E-state index in [4.69, 9.17) is 4.74 Å². The van der Waals surface area contributed by atoms with E-state index >= 15 is 0 Å². The molecule has 6 nitrogen and oxygen atoms in total. The third-order valence-corrected chi connectivity index (χ3v) is 5.62. The van der Waals surface area contributed by atoms with Gasteiger partial charge in [0.25, 0.3) is 10.0 Å². The Morgan fingerprint density at radius 1 is 1.22 bits per heavy atom. The zero-order chi connectivity index (χ0) is 16.8. The van der Waals surface area contributed by atoms with Crippen molar-refractivity contribution in [3.63, 3.8) is 0 Å². The van der Waals surface area contributed by atoms with Crippen LogP contribution in [0.25, 0.3) is 16.5 Å². The highest BCUT2D eigenvalue weighted by molar-refractivity contribution is 7.89. The zero-order valence-corrected chi connectivity index (χ0v) is 13.4. The Bertz CT molecular complexity index is 946. The van der Waals surface area contributed by atoms with Crippen LogP contribution >= 0.6 is 0 Å². The average molecular weight is 333 g/mol. The van der Waals surface area contributed by atoms with Gasteiger partial charge in [-0.25, -0.2) is 13.2 Å². The van der Waals surface area contributed by atoms with E-state index in [9.17, 15) is 18.3 Å². The van der Waals surface area contributed by atoms with E-state index in [1.165, 1.54) is 13.1 Å². The summed E-state index contributed by atoms with van der Waals surface area (Å²) in [5, 5.41) is 11.7. The molecule has 2 aromatic rings. The summed E-state index contributed by atoms with van der Waals surface area (Å²) in [5.41, 5.74) is -0.278. The van der Waals surface area contributed by atoms with Crippen LogP contribution in [-0.4, -0.2) is 37.5 Å². The Balaban J connectivity index is 2.39. The van der Waals surface area contributed by atoms with Gasteiger partial charge in [-0.05, 0) is 18.4 Å². The molecule has 1 aliphatic rings. The quantitative estimate of drug-likeness (QED) is 0.852. The van der Waals surface area contributed by atoms with Crippen LogP contribution in [-0.2, 0) is 19.6 Å². The number of ether oxygens (including phenoxy) is 1. The van der Waals surface area contributed by atoms with Gasteiger partial charge in [0, 0.05) is 18.0 Å². The number of fused-ring (bicyclic) bond motifs is 3. The van der Waals surface area contributed by atoms with Gasteiger partial charge in [0.1, 0.15) is 4.90 Å². The van der Waals surface area contributed by atoms with E-state index in [0.29, 0.717) is 5.39 Å². The van der Waals surface area contributed by atoms with Crippen LogP contribution in [0.1, 0.15) is 12.5 Å². The molecule has 3 rings (SSSR count). The Morgan fingerprint density at radius 3 is 2.61 bits per heavy atom. The fraction of sp³-hybridized carbons (Fsp3) is 0.188. The molecule has 2 aromatic carbocycles. The number of likely N-dealkylation sites (N-methyl/N-ethyl adjacent to an activating group) is 1. The Kier molecular flexibility index (Phi) is 3.52. The van der Waals surface area contributed by atoms with Gasteiger partial charge in [-0.15, -0.1) is 0 Å². The smallest absolute Gasteiger partial charge is 0.359 e. The van der Waals surface area contributed by atoms with E-state index < -0.39 is 21.8 Å². The molecule has 0 unspecified atom stereocenters. The van der Waals surface area contributed by atoms with E-state index in [0.717, 1.165) is 9.69 Å². The topological polar surface area (TPSA) is 83.9 Å². The highest BCUT2D eigenvalue weighted by atomic mass is 32.2. The second kappa shape index (κ2) is 5.27. The van der Waals surface area contributed by atoms with Crippen molar-refractivity contribution in [3.05, 3.63) is 47.7 Å². The van der Waals surface area contributed by atoms with Gasteiger partial charge in [0.2, 0.25) is 0 Å². The summed E-state index contributed by atoms with van der Waals surface area (Å²) in [6, 6.07) is 10.2. The highest BCUT2D eigenvalue weighted by Crippen LogP contribution is 2.39. The number of carbonyl (C=O) groups is 1. The summed E-state index contributed by atoms with van der Waals surface area (Å²) < 4.78 is 31.3. The highest BCUT2D eigenvalue weighted by Gasteiger charge is 2.39. The van der Waals surface area contributed by atoms with Crippen LogP contribution in [0.3, 0.4) is 0 Å². The minimum atomic E-state index is -3.98. The van der Waals surface area contributed by atoms with Crippen molar-refractivity contribution in [1.29, 1.82) is 0 Å². The summed E-state index contributed by atoms with van der Waals surface area (Å²) in [6.07, 6.45) is 0. The van der Waals surface area contributed by atoms with Crippen LogP contribution < -0.4 is 0 Å². The first kappa shape index (κ1) is 15.4. The fourth-order valence-electron chi connectivity index (χ4n) is 2.67. The lowest BCUT2D eigenvalue weighted by Gasteiger charge is -2.28. The molecule has 0 atom stereocenters. The molecule has 0 saturated carbocycles. The Hall–Kier alpha value is -2.54. The average Bonchev–Trinajstić information content (AvgIpc) is 2.52. The molecule has 7 heteroatoms. The maximum atomic E-state index is 12.9. The number of aliphatic hydroxyl groups excluding tert-OH is 1. The second-order valence-corrected chi connectivity index (χ2v) is 6.96.